The van der Waals surface area contributed by atoms with Gasteiger partial charge in [0.1, 0.15) is 5.82 Å². The molecule has 1 atom stereocenters. The third-order valence-corrected chi connectivity index (χ3v) is 3.39. The Kier molecular flexibility index (Phi) is 2.21. The van der Waals surface area contributed by atoms with Crippen LogP contribution in [0.25, 0.3) is 0 Å². The number of aromatic nitrogens is 3. The number of hydrogen-bond donors (Lipinski definition) is 2. The molecule has 1 unspecified atom stereocenters. The third kappa shape index (κ3) is 1.55. The van der Waals surface area contributed by atoms with Crippen LogP contribution in [-0.2, 0) is 0 Å². The van der Waals surface area contributed by atoms with Gasteiger partial charge in [0.2, 0.25) is 0 Å². The molecule has 2 heterocycles. The summed E-state index contributed by atoms with van der Waals surface area (Å²) in [5.41, 5.74) is -0.198. The van der Waals surface area contributed by atoms with Crippen molar-refractivity contribution in [3.8, 4) is 0 Å². The Bertz CT molecular complexity index is 300. The number of rotatable bonds is 1. The Balaban J connectivity index is 2.13. The molecule has 0 aromatic carbocycles. The highest BCUT2D eigenvalue weighted by Crippen LogP contribution is 2.35. The molecule has 1 aliphatic rings. The molecule has 0 spiro atoms. The Morgan fingerprint density at radius 2 is 2.42 bits per heavy atom. The van der Waals surface area contributed by atoms with Crippen LogP contribution in [0, 0.1) is 0 Å². The zero-order valence-corrected chi connectivity index (χ0v) is 7.49. The van der Waals surface area contributed by atoms with E-state index in [9.17, 15) is 4.79 Å². The van der Waals surface area contributed by atoms with Crippen molar-refractivity contribution in [2.75, 3.05) is 5.75 Å². The predicted octanol–water partition coefficient (Wildman–Crippen LogP) is 1.06. The summed E-state index contributed by atoms with van der Waals surface area (Å²) in [5.74, 6) is 1.99. The second-order valence-corrected chi connectivity index (χ2v) is 4.23. The van der Waals surface area contributed by atoms with Gasteiger partial charge in [-0.2, -0.15) is 16.9 Å². The Morgan fingerprint density at radius 3 is 3.00 bits per heavy atom. The standard InChI is InChI=1S/C7H11N3OS/c11-7-8-6(9-10-7)5-3-1-2-4-12-5/h5H,1-4H2,(H2,8,9,10,11). The van der Waals surface area contributed by atoms with E-state index in [-0.39, 0.29) is 5.69 Å². The molecule has 66 valence electrons. The van der Waals surface area contributed by atoms with Crippen molar-refractivity contribution in [2.45, 2.75) is 24.5 Å². The quantitative estimate of drug-likeness (QED) is 0.687. The van der Waals surface area contributed by atoms with Gasteiger partial charge in [0.05, 0.1) is 5.25 Å². The van der Waals surface area contributed by atoms with Gasteiger partial charge in [-0.25, -0.2) is 9.89 Å². The first kappa shape index (κ1) is 7.91. The molecule has 1 saturated heterocycles. The fourth-order valence-corrected chi connectivity index (χ4v) is 2.65. The molecule has 0 aliphatic carbocycles. The minimum absolute atomic E-state index is 0.198. The first-order valence-corrected chi connectivity index (χ1v) is 5.17. The van der Waals surface area contributed by atoms with Gasteiger partial charge in [0, 0.05) is 0 Å². The van der Waals surface area contributed by atoms with E-state index in [4.69, 9.17) is 0 Å². The highest BCUT2D eigenvalue weighted by molar-refractivity contribution is 7.99. The predicted molar refractivity (Wildman–Crippen MR) is 48.3 cm³/mol. The molecule has 5 heteroatoms. The van der Waals surface area contributed by atoms with Crippen molar-refractivity contribution >= 4 is 11.8 Å². The van der Waals surface area contributed by atoms with E-state index in [0.717, 1.165) is 12.2 Å². The molecule has 0 saturated carbocycles. The molecule has 12 heavy (non-hydrogen) atoms. The monoisotopic (exact) mass is 185 g/mol. The van der Waals surface area contributed by atoms with Crippen LogP contribution in [0.15, 0.2) is 4.79 Å². The van der Waals surface area contributed by atoms with Crippen molar-refractivity contribution in [1.29, 1.82) is 0 Å². The maximum absolute atomic E-state index is 10.8. The van der Waals surface area contributed by atoms with Gasteiger partial charge in [0.15, 0.2) is 0 Å². The summed E-state index contributed by atoms with van der Waals surface area (Å²) in [5, 5.41) is 6.72. The summed E-state index contributed by atoms with van der Waals surface area (Å²) in [6.45, 7) is 0. The van der Waals surface area contributed by atoms with Gasteiger partial charge in [-0.3, -0.25) is 4.98 Å². The number of hydrogen-bond acceptors (Lipinski definition) is 3. The maximum atomic E-state index is 10.8. The summed E-state index contributed by atoms with van der Waals surface area (Å²) in [6, 6.07) is 0. The largest absolute Gasteiger partial charge is 0.340 e. The minimum Gasteiger partial charge on any atom is -0.292 e. The summed E-state index contributed by atoms with van der Waals surface area (Å²) < 4.78 is 0. The molecule has 1 aromatic rings. The topological polar surface area (TPSA) is 61.5 Å². The number of thioether (sulfide) groups is 1. The Hall–Kier alpha value is -0.710. The molecule has 1 aromatic heterocycles. The average molecular weight is 185 g/mol. The summed E-state index contributed by atoms with van der Waals surface area (Å²) in [6.07, 6.45) is 3.66. The van der Waals surface area contributed by atoms with Crippen molar-refractivity contribution in [1.82, 2.24) is 15.2 Å². The van der Waals surface area contributed by atoms with E-state index in [2.05, 4.69) is 15.2 Å². The number of nitrogens with zero attached hydrogens (tertiary/aromatic N) is 1. The zero-order chi connectivity index (χ0) is 8.39. The third-order valence-electron chi connectivity index (χ3n) is 2.00. The van der Waals surface area contributed by atoms with Crippen LogP contribution in [0.5, 0.6) is 0 Å². The van der Waals surface area contributed by atoms with Crippen LogP contribution in [-0.4, -0.2) is 20.9 Å². The summed E-state index contributed by atoms with van der Waals surface area (Å²) >= 11 is 1.88. The van der Waals surface area contributed by atoms with Gasteiger partial charge < -0.3 is 0 Å². The number of aromatic amines is 2. The van der Waals surface area contributed by atoms with Crippen molar-refractivity contribution in [2.24, 2.45) is 0 Å². The Labute approximate surface area is 74.2 Å². The second-order valence-electron chi connectivity index (χ2n) is 2.92. The molecule has 2 rings (SSSR count). The second kappa shape index (κ2) is 3.35. The lowest BCUT2D eigenvalue weighted by atomic mass is 10.2. The van der Waals surface area contributed by atoms with Crippen LogP contribution < -0.4 is 5.69 Å². The average Bonchev–Trinajstić information content (AvgIpc) is 2.54. The van der Waals surface area contributed by atoms with E-state index < -0.39 is 0 Å². The van der Waals surface area contributed by atoms with Crippen molar-refractivity contribution < 1.29 is 0 Å². The molecule has 1 aliphatic heterocycles. The van der Waals surface area contributed by atoms with Crippen LogP contribution in [0.2, 0.25) is 0 Å². The van der Waals surface area contributed by atoms with Crippen molar-refractivity contribution in [3.63, 3.8) is 0 Å². The molecule has 4 nitrogen and oxygen atoms in total. The van der Waals surface area contributed by atoms with Gasteiger partial charge in [0.25, 0.3) is 0 Å². The molecule has 1 fully saturated rings. The van der Waals surface area contributed by atoms with E-state index >= 15 is 0 Å². The minimum atomic E-state index is -0.198. The highest BCUT2D eigenvalue weighted by atomic mass is 32.2. The lowest BCUT2D eigenvalue weighted by molar-refractivity contribution is 0.664. The Morgan fingerprint density at radius 1 is 1.50 bits per heavy atom. The maximum Gasteiger partial charge on any atom is 0.340 e. The van der Waals surface area contributed by atoms with Gasteiger partial charge >= 0.3 is 5.69 Å². The lowest BCUT2D eigenvalue weighted by Crippen LogP contribution is -2.06. The summed E-state index contributed by atoms with van der Waals surface area (Å²) in [4.78, 5) is 13.5. The van der Waals surface area contributed by atoms with Crippen LogP contribution in [0.1, 0.15) is 30.3 Å². The van der Waals surface area contributed by atoms with Crippen LogP contribution in [0.3, 0.4) is 0 Å². The first-order chi connectivity index (χ1) is 5.86. The van der Waals surface area contributed by atoms with Gasteiger partial charge in [-0.05, 0) is 18.6 Å². The molecule has 0 bridgehead atoms. The first-order valence-electron chi connectivity index (χ1n) is 4.12. The molecular formula is C7H11N3OS. The van der Waals surface area contributed by atoms with Crippen LogP contribution >= 0.6 is 11.8 Å². The van der Waals surface area contributed by atoms with E-state index in [1.54, 1.807) is 0 Å². The molecule has 2 N–H and O–H groups in total. The van der Waals surface area contributed by atoms with Crippen molar-refractivity contribution in [3.05, 3.63) is 16.3 Å². The molecular weight excluding hydrogens is 174 g/mol. The highest BCUT2D eigenvalue weighted by Gasteiger charge is 2.18. The molecule has 0 amide bonds. The smallest absolute Gasteiger partial charge is 0.292 e. The van der Waals surface area contributed by atoms with E-state index in [0.29, 0.717) is 5.25 Å². The van der Waals surface area contributed by atoms with Gasteiger partial charge in [-0.1, -0.05) is 6.42 Å². The summed E-state index contributed by atoms with van der Waals surface area (Å²) in [7, 11) is 0. The number of nitrogens with one attached hydrogen (secondary N) is 2. The number of H-pyrrole nitrogens is 2. The van der Waals surface area contributed by atoms with E-state index in [1.165, 1.54) is 18.6 Å². The zero-order valence-electron chi connectivity index (χ0n) is 6.67. The normalized spacial score (nSPS) is 24.2. The SMILES string of the molecule is O=c1[nH]nc(C2CCCCS2)[nH]1. The fraction of sp³-hybridized carbons (Fsp3) is 0.714. The van der Waals surface area contributed by atoms with E-state index in [1.807, 2.05) is 11.8 Å². The van der Waals surface area contributed by atoms with Gasteiger partial charge in [-0.15, -0.1) is 0 Å². The lowest BCUT2D eigenvalue weighted by Gasteiger charge is -2.17. The fourth-order valence-electron chi connectivity index (χ4n) is 1.39. The molecule has 0 radical (unpaired) electrons. The van der Waals surface area contributed by atoms with Crippen LogP contribution in [0.4, 0.5) is 0 Å².